The summed E-state index contributed by atoms with van der Waals surface area (Å²) in [6.07, 6.45) is 8.48. The molecule has 1 aliphatic rings. The number of imidazole rings is 1. The van der Waals surface area contributed by atoms with Crippen molar-refractivity contribution in [1.82, 2.24) is 14.5 Å². The molecule has 0 aliphatic carbocycles. The van der Waals surface area contributed by atoms with Crippen LogP contribution in [0.15, 0.2) is 12.4 Å². The first-order chi connectivity index (χ1) is 9.79. The second-order valence-electron chi connectivity index (χ2n) is 5.51. The molecule has 0 bridgehead atoms. The maximum atomic E-state index is 8.74. The van der Waals surface area contributed by atoms with Gasteiger partial charge in [-0.25, -0.2) is 4.98 Å². The lowest BCUT2D eigenvalue weighted by Gasteiger charge is -2.31. The van der Waals surface area contributed by atoms with Gasteiger partial charge in [-0.15, -0.1) is 0 Å². The lowest BCUT2D eigenvalue weighted by molar-refractivity contribution is 0.00200. The highest BCUT2D eigenvalue weighted by atomic mass is 16.5. The van der Waals surface area contributed by atoms with E-state index in [2.05, 4.69) is 27.6 Å². The van der Waals surface area contributed by atoms with E-state index in [1.165, 1.54) is 6.42 Å². The standard InChI is InChI=1S/C15H27N3O2/c1-14-16-6-11-18(14)8-2-7-17-9-4-15(5-10-17)20-13-3-12-19/h6,11,15,19H,2-5,7-10,12-13H2,1H3. The van der Waals surface area contributed by atoms with Gasteiger partial charge in [-0.2, -0.15) is 0 Å². The van der Waals surface area contributed by atoms with E-state index in [0.29, 0.717) is 12.7 Å². The van der Waals surface area contributed by atoms with Crippen LogP contribution in [0.4, 0.5) is 0 Å². The highest BCUT2D eigenvalue weighted by molar-refractivity contribution is 4.88. The van der Waals surface area contributed by atoms with E-state index in [9.17, 15) is 0 Å². The smallest absolute Gasteiger partial charge is 0.105 e. The Kier molecular flexibility index (Phi) is 6.50. The number of hydrogen-bond donors (Lipinski definition) is 1. The van der Waals surface area contributed by atoms with Crippen molar-refractivity contribution >= 4 is 0 Å². The minimum Gasteiger partial charge on any atom is -0.396 e. The van der Waals surface area contributed by atoms with Gasteiger partial charge in [-0.05, 0) is 39.2 Å². The molecule has 0 unspecified atom stereocenters. The van der Waals surface area contributed by atoms with Crippen LogP contribution in [0.3, 0.4) is 0 Å². The number of aliphatic hydroxyl groups excluding tert-OH is 1. The molecule has 0 amide bonds. The van der Waals surface area contributed by atoms with Crippen molar-refractivity contribution in [2.45, 2.75) is 45.3 Å². The molecule has 2 rings (SSSR count). The van der Waals surface area contributed by atoms with E-state index in [0.717, 1.165) is 51.3 Å². The Labute approximate surface area is 121 Å². The molecule has 5 nitrogen and oxygen atoms in total. The van der Waals surface area contributed by atoms with Gasteiger partial charge in [0.2, 0.25) is 0 Å². The van der Waals surface area contributed by atoms with Crippen LogP contribution in [-0.4, -0.2) is 58.5 Å². The highest BCUT2D eigenvalue weighted by Gasteiger charge is 2.18. The second-order valence-corrected chi connectivity index (χ2v) is 5.51. The normalized spacial score (nSPS) is 17.7. The number of aromatic nitrogens is 2. The molecule has 1 saturated heterocycles. The molecule has 20 heavy (non-hydrogen) atoms. The van der Waals surface area contributed by atoms with Crippen molar-refractivity contribution in [2.24, 2.45) is 0 Å². The molecule has 114 valence electrons. The fraction of sp³-hybridized carbons (Fsp3) is 0.800. The topological polar surface area (TPSA) is 50.5 Å². The molecule has 1 aliphatic heterocycles. The number of aliphatic hydroxyl groups is 1. The molecule has 0 radical (unpaired) electrons. The predicted molar refractivity (Wildman–Crippen MR) is 78.7 cm³/mol. The van der Waals surface area contributed by atoms with Gasteiger partial charge >= 0.3 is 0 Å². The summed E-state index contributed by atoms with van der Waals surface area (Å²) in [5.74, 6) is 1.10. The maximum Gasteiger partial charge on any atom is 0.105 e. The van der Waals surface area contributed by atoms with Crippen LogP contribution < -0.4 is 0 Å². The van der Waals surface area contributed by atoms with Crippen LogP contribution in [0.2, 0.25) is 0 Å². The molecule has 0 aromatic carbocycles. The third kappa shape index (κ3) is 4.89. The van der Waals surface area contributed by atoms with E-state index in [1.807, 2.05) is 6.20 Å². The quantitative estimate of drug-likeness (QED) is 0.733. The van der Waals surface area contributed by atoms with Gasteiger partial charge in [0, 0.05) is 45.2 Å². The Hall–Kier alpha value is -0.910. The van der Waals surface area contributed by atoms with Crippen molar-refractivity contribution in [3.05, 3.63) is 18.2 Å². The lowest BCUT2D eigenvalue weighted by Crippen LogP contribution is -2.38. The summed E-state index contributed by atoms with van der Waals surface area (Å²) in [5, 5.41) is 8.74. The Morgan fingerprint density at radius 1 is 1.30 bits per heavy atom. The fourth-order valence-corrected chi connectivity index (χ4v) is 2.72. The van der Waals surface area contributed by atoms with Gasteiger partial charge in [0.1, 0.15) is 5.82 Å². The first kappa shape index (κ1) is 15.5. The number of likely N-dealkylation sites (tertiary alicyclic amines) is 1. The number of piperidine rings is 1. The zero-order valence-electron chi connectivity index (χ0n) is 12.5. The van der Waals surface area contributed by atoms with Gasteiger partial charge in [-0.1, -0.05) is 0 Å². The second kappa shape index (κ2) is 8.39. The fourth-order valence-electron chi connectivity index (χ4n) is 2.72. The number of aryl methyl sites for hydroxylation is 2. The van der Waals surface area contributed by atoms with E-state index in [1.54, 1.807) is 0 Å². The van der Waals surface area contributed by atoms with Gasteiger partial charge in [0.05, 0.1) is 6.10 Å². The maximum absolute atomic E-state index is 8.74. The van der Waals surface area contributed by atoms with Crippen LogP contribution in [0.1, 0.15) is 31.5 Å². The predicted octanol–water partition coefficient (Wildman–Crippen LogP) is 1.45. The molecule has 1 N–H and O–H groups in total. The van der Waals surface area contributed by atoms with Gasteiger partial charge in [0.15, 0.2) is 0 Å². The summed E-state index contributed by atoms with van der Waals surface area (Å²) in [6, 6.07) is 0. The monoisotopic (exact) mass is 281 g/mol. The summed E-state index contributed by atoms with van der Waals surface area (Å²) in [5.41, 5.74) is 0. The molecule has 1 fully saturated rings. The molecule has 0 spiro atoms. The van der Waals surface area contributed by atoms with Gasteiger partial charge < -0.3 is 19.3 Å². The van der Waals surface area contributed by atoms with Crippen molar-refractivity contribution in [3.63, 3.8) is 0 Å². The van der Waals surface area contributed by atoms with Crippen molar-refractivity contribution in [1.29, 1.82) is 0 Å². The lowest BCUT2D eigenvalue weighted by atomic mass is 10.1. The number of nitrogens with zero attached hydrogens (tertiary/aromatic N) is 3. The Morgan fingerprint density at radius 2 is 2.10 bits per heavy atom. The van der Waals surface area contributed by atoms with E-state index in [4.69, 9.17) is 9.84 Å². The molecular formula is C15H27N3O2. The zero-order chi connectivity index (χ0) is 14.2. The van der Waals surface area contributed by atoms with E-state index >= 15 is 0 Å². The average molecular weight is 281 g/mol. The Bertz CT molecular complexity index is 373. The molecule has 0 saturated carbocycles. The number of rotatable bonds is 8. The van der Waals surface area contributed by atoms with Gasteiger partial charge in [0.25, 0.3) is 0 Å². The SMILES string of the molecule is Cc1nccn1CCCN1CCC(OCCCO)CC1. The summed E-state index contributed by atoms with van der Waals surface area (Å²) in [7, 11) is 0. The van der Waals surface area contributed by atoms with Crippen LogP contribution in [0, 0.1) is 6.92 Å². The van der Waals surface area contributed by atoms with E-state index < -0.39 is 0 Å². The average Bonchev–Trinajstić information content (AvgIpc) is 2.87. The van der Waals surface area contributed by atoms with Crippen LogP contribution in [0.25, 0.3) is 0 Å². The van der Waals surface area contributed by atoms with Crippen molar-refractivity contribution in [2.75, 3.05) is 32.8 Å². The largest absolute Gasteiger partial charge is 0.396 e. The first-order valence-corrected chi connectivity index (χ1v) is 7.72. The zero-order valence-corrected chi connectivity index (χ0v) is 12.5. The van der Waals surface area contributed by atoms with Crippen molar-refractivity contribution in [3.8, 4) is 0 Å². The summed E-state index contributed by atoms with van der Waals surface area (Å²) >= 11 is 0. The third-order valence-electron chi connectivity index (χ3n) is 3.99. The van der Waals surface area contributed by atoms with Gasteiger partial charge in [-0.3, -0.25) is 0 Å². The molecule has 5 heteroatoms. The molecular weight excluding hydrogens is 254 g/mol. The van der Waals surface area contributed by atoms with Crippen molar-refractivity contribution < 1.29 is 9.84 Å². The molecule has 0 atom stereocenters. The summed E-state index contributed by atoms with van der Waals surface area (Å²) < 4.78 is 7.96. The first-order valence-electron chi connectivity index (χ1n) is 7.72. The minimum atomic E-state index is 0.229. The Morgan fingerprint density at radius 3 is 2.75 bits per heavy atom. The van der Waals surface area contributed by atoms with Crippen LogP contribution in [0.5, 0.6) is 0 Å². The number of ether oxygens (including phenoxy) is 1. The molecule has 2 heterocycles. The van der Waals surface area contributed by atoms with Crippen LogP contribution >= 0.6 is 0 Å². The molecule has 1 aromatic heterocycles. The van der Waals surface area contributed by atoms with E-state index in [-0.39, 0.29) is 6.61 Å². The van der Waals surface area contributed by atoms with Crippen LogP contribution in [-0.2, 0) is 11.3 Å². The highest BCUT2D eigenvalue weighted by Crippen LogP contribution is 2.14. The summed E-state index contributed by atoms with van der Waals surface area (Å²) in [4.78, 5) is 6.77. The Balaban J connectivity index is 1.56. The third-order valence-corrected chi connectivity index (χ3v) is 3.99. The molecule has 1 aromatic rings. The summed E-state index contributed by atoms with van der Waals surface area (Å²) in [6.45, 7) is 7.45. The minimum absolute atomic E-state index is 0.229. The number of hydrogen-bond acceptors (Lipinski definition) is 4.